The lowest BCUT2D eigenvalue weighted by Gasteiger charge is -2.31. The summed E-state index contributed by atoms with van der Waals surface area (Å²) in [5, 5.41) is 19.4. The van der Waals surface area contributed by atoms with E-state index in [1.807, 2.05) is 0 Å². The highest BCUT2D eigenvalue weighted by atomic mass is 79.9. The van der Waals surface area contributed by atoms with Crippen LogP contribution in [0.25, 0.3) is 6.08 Å². The van der Waals surface area contributed by atoms with Gasteiger partial charge in [-0.05, 0) is 11.1 Å². The number of hydrogen-bond donors (Lipinski definition) is 3. The lowest BCUT2D eigenvalue weighted by atomic mass is 10.1. The maximum Gasteiger partial charge on any atom is 0.351 e. The Kier molecular flexibility index (Phi) is 4.65. The summed E-state index contributed by atoms with van der Waals surface area (Å²) in [4.78, 5) is 16.7. The fraction of sp³-hybridized carbons (Fsp3) is 0.455. The number of halogens is 2. The summed E-state index contributed by atoms with van der Waals surface area (Å²) < 4.78 is 6.59. The van der Waals surface area contributed by atoms with E-state index < -0.39 is 29.0 Å². The quantitative estimate of drug-likeness (QED) is 0.604. The maximum absolute atomic E-state index is 12.0. The van der Waals surface area contributed by atoms with Crippen LogP contribution in [0.15, 0.2) is 16.0 Å². The summed E-state index contributed by atoms with van der Waals surface area (Å²) in [5.74, 6) is 0.0692. The SMILES string of the molecule is Nc1nc(=O)n([C@@]2(CO)OC[C@H](O)[C@H]2Br)cc1C=CBr. The molecule has 0 bridgehead atoms. The van der Waals surface area contributed by atoms with E-state index in [1.165, 1.54) is 6.20 Å². The van der Waals surface area contributed by atoms with Gasteiger partial charge in [0.25, 0.3) is 0 Å². The van der Waals surface area contributed by atoms with Gasteiger partial charge in [-0.25, -0.2) is 4.79 Å². The van der Waals surface area contributed by atoms with Crippen molar-refractivity contribution in [3.05, 3.63) is 27.2 Å². The highest BCUT2D eigenvalue weighted by Crippen LogP contribution is 2.35. The lowest BCUT2D eigenvalue weighted by Crippen LogP contribution is -2.51. The van der Waals surface area contributed by atoms with Crippen LogP contribution in [-0.2, 0) is 10.5 Å². The van der Waals surface area contributed by atoms with Crippen LogP contribution in [0.1, 0.15) is 5.56 Å². The molecule has 1 aromatic rings. The van der Waals surface area contributed by atoms with Crippen molar-refractivity contribution in [2.45, 2.75) is 16.7 Å². The number of rotatable bonds is 3. The molecule has 110 valence electrons. The molecule has 1 aromatic heterocycles. The Morgan fingerprint density at radius 2 is 2.40 bits per heavy atom. The Bertz CT molecular complexity index is 592. The van der Waals surface area contributed by atoms with Crippen molar-refractivity contribution in [1.29, 1.82) is 0 Å². The topological polar surface area (TPSA) is 111 Å². The number of aliphatic hydroxyl groups excluding tert-OH is 2. The van der Waals surface area contributed by atoms with Crippen LogP contribution in [0.2, 0.25) is 0 Å². The number of hydrogen-bond acceptors (Lipinski definition) is 6. The molecular weight excluding hydrogens is 398 g/mol. The summed E-state index contributed by atoms with van der Waals surface area (Å²) >= 11 is 6.38. The number of anilines is 1. The van der Waals surface area contributed by atoms with Gasteiger partial charge in [-0.3, -0.25) is 4.57 Å². The van der Waals surface area contributed by atoms with Gasteiger partial charge in [0.15, 0.2) is 5.72 Å². The predicted octanol–water partition coefficient (Wildman–Crippen LogP) is -0.00920. The van der Waals surface area contributed by atoms with E-state index in [1.54, 1.807) is 11.1 Å². The minimum Gasteiger partial charge on any atom is -0.391 e. The summed E-state index contributed by atoms with van der Waals surface area (Å²) in [6.07, 6.45) is 2.20. The van der Waals surface area contributed by atoms with Gasteiger partial charge in [0.05, 0.1) is 24.1 Å². The molecule has 3 atom stereocenters. The van der Waals surface area contributed by atoms with Crippen LogP contribution in [0.4, 0.5) is 5.82 Å². The van der Waals surface area contributed by atoms with Crippen molar-refractivity contribution in [2.75, 3.05) is 18.9 Å². The normalized spacial score (nSPS) is 30.2. The van der Waals surface area contributed by atoms with Crippen LogP contribution < -0.4 is 11.4 Å². The first-order valence-electron chi connectivity index (χ1n) is 5.69. The Morgan fingerprint density at radius 3 is 2.90 bits per heavy atom. The first-order chi connectivity index (χ1) is 9.46. The maximum atomic E-state index is 12.0. The lowest BCUT2D eigenvalue weighted by molar-refractivity contribution is -0.0984. The molecule has 1 aliphatic heterocycles. The molecular formula is C11H13Br2N3O4. The third-order valence-electron chi connectivity index (χ3n) is 3.14. The van der Waals surface area contributed by atoms with E-state index in [0.717, 1.165) is 4.57 Å². The number of alkyl halides is 1. The highest BCUT2D eigenvalue weighted by Gasteiger charge is 2.50. The molecule has 1 fully saturated rings. The van der Waals surface area contributed by atoms with Gasteiger partial charge in [-0.15, -0.1) is 0 Å². The van der Waals surface area contributed by atoms with Crippen LogP contribution in [0.3, 0.4) is 0 Å². The molecule has 0 amide bonds. The van der Waals surface area contributed by atoms with Gasteiger partial charge in [-0.2, -0.15) is 4.98 Å². The van der Waals surface area contributed by atoms with Gasteiger partial charge in [0.2, 0.25) is 0 Å². The van der Waals surface area contributed by atoms with Crippen LogP contribution >= 0.6 is 31.9 Å². The molecule has 1 aliphatic rings. The van der Waals surface area contributed by atoms with Crippen molar-refractivity contribution >= 4 is 43.8 Å². The van der Waals surface area contributed by atoms with E-state index in [0.29, 0.717) is 5.56 Å². The molecule has 0 aliphatic carbocycles. The van der Waals surface area contributed by atoms with E-state index in [9.17, 15) is 15.0 Å². The average Bonchev–Trinajstić information content (AvgIpc) is 2.71. The zero-order valence-electron chi connectivity index (χ0n) is 10.2. The largest absolute Gasteiger partial charge is 0.391 e. The van der Waals surface area contributed by atoms with Crippen molar-refractivity contribution in [2.24, 2.45) is 0 Å². The Balaban J connectivity index is 2.61. The first kappa shape index (κ1) is 15.6. The standard InChI is InChI=1S/C11H13Br2N3O4/c12-2-1-6-3-16(10(19)15-9(6)14)11(5-17)8(13)7(18)4-20-11/h1-3,7-8,17-18H,4-5H2,(H2,14,15,19)/t7-,8+,11-/m0/s1. The molecule has 1 saturated heterocycles. The van der Waals surface area contributed by atoms with E-state index >= 15 is 0 Å². The van der Waals surface area contributed by atoms with Gasteiger partial charge in [0, 0.05) is 11.8 Å². The van der Waals surface area contributed by atoms with Gasteiger partial charge < -0.3 is 20.7 Å². The zero-order valence-corrected chi connectivity index (χ0v) is 13.4. The Labute approximate surface area is 131 Å². The fourth-order valence-electron chi connectivity index (χ4n) is 2.06. The molecule has 4 N–H and O–H groups in total. The van der Waals surface area contributed by atoms with Crippen LogP contribution in [0, 0.1) is 0 Å². The summed E-state index contributed by atoms with van der Waals surface area (Å²) in [6.45, 7) is -0.500. The van der Waals surface area contributed by atoms with Gasteiger partial charge >= 0.3 is 5.69 Å². The predicted molar refractivity (Wildman–Crippen MR) is 80.6 cm³/mol. The number of ether oxygens (including phenoxy) is 1. The minimum atomic E-state index is -1.41. The van der Waals surface area contributed by atoms with Crippen molar-refractivity contribution < 1.29 is 14.9 Å². The Hall–Kier alpha value is -0.740. The van der Waals surface area contributed by atoms with Crippen LogP contribution in [0.5, 0.6) is 0 Å². The van der Waals surface area contributed by atoms with Gasteiger partial charge in [-0.1, -0.05) is 31.9 Å². The smallest absolute Gasteiger partial charge is 0.351 e. The Morgan fingerprint density at radius 1 is 1.70 bits per heavy atom. The van der Waals surface area contributed by atoms with Gasteiger partial charge in [0.1, 0.15) is 5.82 Å². The van der Waals surface area contributed by atoms with E-state index in [4.69, 9.17) is 10.5 Å². The molecule has 0 aromatic carbocycles. The highest BCUT2D eigenvalue weighted by molar-refractivity contribution is 9.11. The average molecular weight is 411 g/mol. The number of nitrogens with zero attached hydrogens (tertiary/aromatic N) is 2. The van der Waals surface area contributed by atoms with Crippen LogP contribution in [-0.4, -0.2) is 43.9 Å². The number of nitrogens with two attached hydrogens (primary N) is 1. The van der Waals surface area contributed by atoms with Crippen molar-refractivity contribution in [3.63, 3.8) is 0 Å². The number of nitrogen functional groups attached to an aromatic ring is 1. The fourth-order valence-corrected chi connectivity index (χ4v) is 2.99. The molecule has 2 rings (SSSR count). The third kappa shape index (κ3) is 2.44. The molecule has 2 heterocycles. The summed E-state index contributed by atoms with van der Waals surface area (Å²) in [5.41, 5.74) is 4.07. The monoisotopic (exact) mass is 409 g/mol. The van der Waals surface area contributed by atoms with Crippen molar-refractivity contribution in [3.8, 4) is 0 Å². The molecule has 7 nitrogen and oxygen atoms in total. The first-order valence-corrected chi connectivity index (χ1v) is 7.52. The zero-order chi connectivity index (χ0) is 14.9. The second kappa shape index (κ2) is 5.94. The third-order valence-corrected chi connectivity index (χ3v) is 4.73. The number of aliphatic hydroxyl groups is 2. The molecule has 9 heteroatoms. The minimum absolute atomic E-state index is 0.00307. The molecule has 0 spiro atoms. The van der Waals surface area contributed by atoms with E-state index in [2.05, 4.69) is 36.8 Å². The van der Waals surface area contributed by atoms with Crippen molar-refractivity contribution in [1.82, 2.24) is 9.55 Å². The summed E-state index contributed by atoms with van der Waals surface area (Å²) in [6, 6.07) is 0. The second-order valence-corrected chi connectivity index (χ2v) is 5.82. The summed E-state index contributed by atoms with van der Waals surface area (Å²) in [7, 11) is 0. The molecule has 0 saturated carbocycles. The van der Waals surface area contributed by atoms with E-state index in [-0.39, 0.29) is 12.4 Å². The molecule has 0 unspecified atom stereocenters. The number of aromatic nitrogens is 2. The second-order valence-electron chi connectivity index (χ2n) is 4.31. The molecule has 0 radical (unpaired) electrons. The molecule has 20 heavy (non-hydrogen) atoms.